The average Bonchev–Trinajstić information content (AvgIpc) is 2.38. The van der Waals surface area contributed by atoms with Gasteiger partial charge in [0.05, 0.1) is 4.90 Å². The van der Waals surface area contributed by atoms with E-state index in [9.17, 15) is 8.42 Å². The molecule has 0 radical (unpaired) electrons. The fraction of sp³-hybridized carbons (Fsp3) is 0.154. The fourth-order valence-corrected chi connectivity index (χ4v) is 2.23. The zero-order valence-corrected chi connectivity index (χ0v) is 11.5. The SMILES string of the molecule is CNc1cc(Nc2ccc(S(C)(=O)=O)cc2)ccn1. The predicted octanol–water partition coefficient (Wildman–Crippen LogP) is 2.27. The van der Waals surface area contributed by atoms with E-state index in [0.717, 1.165) is 17.2 Å². The number of pyridine rings is 1. The molecule has 100 valence electrons. The average molecular weight is 277 g/mol. The Morgan fingerprint density at radius 1 is 1.05 bits per heavy atom. The fourth-order valence-electron chi connectivity index (χ4n) is 1.60. The third-order valence-corrected chi connectivity index (χ3v) is 3.72. The molecule has 2 N–H and O–H groups in total. The molecule has 1 aromatic heterocycles. The van der Waals surface area contributed by atoms with Crippen LogP contribution in [0.1, 0.15) is 0 Å². The van der Waals surface area contributed by atoms with Crippen LogP contribution in [0.15, 0.2) is 47.5 Å². The van der Waals surface area contributed by atoms with Gasteiger partial charge in [-0.05, 0) is 30.3 Å². The number of aromatic nitrogens is 1. The lowest BCUT2D eigenvalue weighted by Crippen LogP contribution is -1.98. The molecule has 0 saturated carbocycles. The van der Waals surface area contributed by atoms with E-state index < -0.39 is 9.84 Å². The lowest BCUT2D eigenvalue weighted by molar-refractivity contribution is 0.602. The highest BCUT2D eigenvalue weighted by Crippen LogP contribution is 2.20. The van der Waals surface area contributed by atoms with E-state index in [1.165, 1.54) is 6.26 Å². The van der Waals surface area contributed by atoms with Crippen LogP contribution in [0.5, 0.6) is 0 Å². The van der Waals surface area contributed by atoms with Crippen LogP contribution in [-0.4, -0.2) is 26.7 Å². The van der Waals surface area contributed by atoms with Crippen molar-refractivity contribution in [1.29, 1.82) is 0 Å². The van der Waals surface area contributed by atoms with Crippen LogP contribution in [0, 0.1) is 0 Å². The number of nitrogens with zero attached hydrogens (tertiary/aromatic N) is 1. The molecule has 2 rings (SSSR count). The van der Waals surface area contributed by atoms with Gasteiger partial charge in [0.25, 0.3) is 0 Å². The Balaban J connectivity index is 2.19. The first-order chi connectivity index (χ1) is 8.99. The highest BCUT2D eigenvalue weighted by molar-refractivity contribution is 7.90. The molecule has 2 aromatic rings. The summed E-state index contributed by atoms with van der Waals surface area (Å²) in [4.78, 5) is 4.42. The lowest BCUT2D eigenvalue weighted by atomic mass is 10.3. The first-order valence-corrected chi connectivity index (χ1v) is 7.59. The summed E-state index contributed by atoms with van der Waals surface area (Å²) in [6, 6.07) is 10.3. The highest BCUT2D eigenvalue weighted by atomic mass is 32.2. The van der Waals surface area contributed by atoms with Gasteiger partial charge in [-0.25, -0.2) is 13.4 Å². The number of sulfone groups is 1. The van der Waals surface area contributed by atoms with Crippen LogP contribution in [0.4, 0.5) is 17.2 Å². The zero-order chi connectivity index (χ0) is 13.9. The van der Waals surface area contributed by atoms with Crippen molar-refractivity contribution in [2.24, 2.45) is 0 Å². The number of hydrogen-bond acceptors (Lipinski definition) is 5. The Morgan fingerprint density at radius 2 is 1.74 bits per heavy atom. The van der Waals surface area contributed by atoms with Gasteiger partial charge in [0.1, 0.15) is 5.82 Å². The number of anilines is 3. The molecule has 0 aliphatic rings. The maximum absolute atomic E-state index is 11.3. The van der Waals surface area contributed by atoms with Crippen molar-refractivity contribution in [3.05, 3.63) is 42.6 Å². The maximum Gasteiger partial charge on any atom is 0.175 e. The summed E-state index contributed by atoms with van der Waals surface area (Å²) < 4.78 is 22.7. The van der Waals surface area contributed by atoms with E-state index in [-0.39, 0.29) is 0 Å². The Labute approximate surface area is 112 Å². The highest BCUT2D eigenvalue weighted by Gasteiger charge is 2.06. The van der Waals surface area contributed by atoms with Crippen molar-refractivity contribution in [1.82, 2.24) is 4.98 Å². The van der Waals surface area contributed by atoms with Crippen molar-refractivity contribution >= 4 is 27.0 Å². The molecular formula is C13H15N3O2S. The van der Waals surface area contributed by atoms with Gasteiger partial charge in [0.15, 0.2) is 9.84 Å². The third-order valence-electron chi connectivity index (χ3n) is 2.59. The molecular weight excluding hydrogens is 262 g/mol. The molecule has 0 fully saturated rings. The van der Waals surface area contributed by atoms with Crippen LogP contribution in [0.25, 0.3) is 0 Å². The summed E-state index contributed by atoms with van der Waals surface area (Å²) in [6.45, 7) is 0. The van der Waals surface area contributed by atoms with Gasteiger partial charge in [-0.1, -0.05) is 0 Å². The van der Waals surface area contributed by atoms with Gasteiger partial charge in [0.2, 0.25) is 0 Å². The largest absolute Gasteiger partial charge is 0.373 e. The van der Waals surface area contributed by atoms with Crippen molar-refractivity contribution in [2.45, 2.75) is 4.90 Å². The topological polar surface area (TPSA) is 71.1 Å². The van der Waals surface area contributed by atoms with Gasteiger partial charge in [0, 0.05) is 36.9 Å². The molecule has 1 heterocycles. The molecule has 1 aromatic carbocycles. The Morgan fingerprint density at radius 3 is 2.32 bits per heavy atom. The molecule has 0 bridgehead atoms. The van der Waals surface area contributed by atoms with E-state index in [2.05, 4.69) is 15.6 Å². The van der Waals surface area contributed by atoms with Crippen molar-refractivity contribution in [3.8, 4) is 0 Å². The lowest BCUT2D eigenvalue weighted by Gasteiger charge is -2.08. The Hall–Kier alpha value is -2.08. The summed E-state index contributed by atoms with van der Waals surface area (Å²) in [5.74, 6) is 0.762. The van der Waals surface area contributed by atoms with Gasteiger partial charge < -0.3 is 10.6 Å². The van der Waals surface area contributed by atoms with E-state index in [1.807, 2.05) is 12.1 Å². The van der Waals surface area contributed by atoms with E-state index in [4.69, 9.17) is 0 Å². The van der Waals surface area contributed by atoms with Gasteiger partial charge >= 0.3 is 0 Å². The molecule has 0 spiro atoms. The quantitative estimate of drug-likeness (QED) is 0.897. The number of benzene rings is 1. The van der Waals surface area contributed by atoms with E-state index in [1.54, 1.807) is 37.5 Å². The summed E-state index contributed by atoms with van der Waals surface area (Å²) >= 11 is 0. The number of rotatable bonds is 4. The molecule has 5 nitrogen and oxygen atoms in total. The number of hydrogen-bond donors (Lipinski definition) is 2. The van der Waals surface area contributed by atoms with E-state index >= 15 is 0 Å². The summed E-state index contributed by atoms with van der Waals surface area (Å²) in [6.07, 6.45) is 2.89. The second kappa shape index (κ2) is 5.27. The summed E-state index contributed by atoms with van der Waals surface area (Å²) in [5, 5.41) is 6.13. The molecule has 0 amide bonds. The predicted molar refractivity (Wildman–Crippen MR) is 76.6 cm³/mol. The normalized spacial score (nSPS) is 11.1. The Bertz CT molecular complexity index is 667. The van der Waals surface area contributed by atoms with Crippen molar-refractivity contribution < 1.29 is 8.42 Å². The first-order valence-electron chi connectivity index (χ1n) is 5.70. The minimum Gasteiger partial charge on any atom is -0.373 e. The number of nitrogens with one attached hydrogen (secondary N) is 2. The second-order valence-electron chi connectivity index (χ2n) is 4.10. The van der Waals surface area contributed by atoms with Gasteiger partial charge in [-0.2, -0.15) is 0 Å². The monoisotopic (exact) mass is 277 g/mol. The third kappa shape index (κ3) is 3.45. The van der Waals surface area contributed by atoms with Crippen LogP contribution < -0.4 is 10.6 Å². The molecule has 19 heavy (non-hydrogen) atoms. The smallest absolute Gasteiger partial charge is 0.175 e. The molecule has 0 aliphatic heterocycles. The molecule has 0 unspecified atom stereocenters. The van der Waals surface area contributed by atoms with E-state index in [0.29, 0.717) is 4.90 Å². The summed E-state index contributed by atoms with van der Waals surface area (Å²) in [5.41, 5.74) is 1.70. The van der Waals surface area contributed by atoms with Gasteiger partial charge in [-0.3, -0.25) is 0 Å². The van der Waals surface area contributed by atoms with Crippen molar-refractivity contribution in [3.63, 3.8) is 0 Å². The molecule has 0 atom stereocenters. The molecule has 0 saturated heterocycles. The van der Waals surface area contributed by atoms with Crippen molar-refractivity contribution in [2.75, 3.05) is 23.9 Å². The molecule has 6 heteroatoms. The van der Waals surface area contributed by atoms with Crippen LogP contribution in [0.2, 0.25) is 0 Å². The minimum absolute atomic E-state index is 0.309. The Kier molecular flexibility index (Phi) is 3.71. The molecule has 0 aliphatic carbocycles. The summed E-state index contributed by atoms with van der Waals surface area (Å²) in [7, 11) is -1.35. The standard InChI is InChI=1S/C13H15N3O2S/c1-14-13-9-11(7-8-15-13)16-10-3-5-12(6-4-10)19(2,17)18/h3-9H,1-2H3,(H2,14,15,16). The van der Waals surface area contributed by atoms with Crippen LogP contribution >= 0.6 is 0 Å². The van der Waals surface area contributed by atoms with Gasteiger partial charge in [-0.15, -0.1) is 0 Å². The minimum atomic E-state index is -3.15. The maximum atomic E-state index is 11.3. The zero-order valence-electron chi connectivity index (χ0n) is 10.7. The first kappa shape index (κ1) is 13.4. The second-order valence-corrected chi connectivity index (χ2v) is 6.12. The van der Waals surface area contributed by atoms with Crippen LogP contribution in [0.3, 0.4) is 0 Å². The van der Waals surface area contributed by atoms with Crippen LogP contribution in [-0.2, 0) is 9.84 Å².